The number of allylic oxidation sites excluding steroid dienone is 1. The normalized spacial score (nSPS) is 10.0. The van der Waals surface area contributed by atoms with Crippen molar-refractivity contribution in [2.45, 2.75) is 33.6 Å². The van der Waals surface area contributed by atoms with Gasteiger partial charge >= 0.3 is 11.9 Å². The number of rotatable bonds is 7. The third-order valence-corrected chi connectivity index (χ3v) is 2.14. The molecule has 0 saturated heterocycles. The second-order valence-electron chi connectivity index (χ2n) is 3.36. The van der Waals surface area contributed by atoms with E-state index in [0.29, 0.717) is 6.42 Å². The minimum absolute atomic E-state index is 0.257. The minimum atomic E-state index is -0.868. The maximum atomic E-state index is 11.5. The fourth-order valence-corrected chi connectivity index (χ4v) is 1.18. The Balaban J connectivity index is 4.55. The lowest BCUT2D eigenvalue weighted by atomic mass is 9.99. The first-order valence-corrected chi connectivity index (χ1v) is 5.56. The van der Waals surface area contributed by atoms with E-state index >= 15 is 0 Å². The summed E-state index contributed by atoms with van der Waals surface area (Å²) < 4.78 is 9.67. The number of carbonyl (C=O) groups excluding carboxylic acids is 2. The third kappa shape index (κ3) is 4.96. The van der Waals surface area contributed by atoms with Gasteiger partial charge in [-0.2, -0.15) is 0 Å². The first-order chi connectivity index (χ1) is 7.56. The van der Waals surface area contributed by atoms with Crippen LogP contribution in [0.15, 0.2) is 12.2 Å². The Morgan fingerprint density at radius 1 is 1.06 bits per heavy atom. The van der Waals surface area contributed by atoms with Crippen LogP contribution in [0.1, 0.15) is 33.6 Å². The van der Waals surface area contributed by atoms with Gasteiger partial charge in [0.2, 0.25) is 0 Å². The van der Waals surface area contributed by atoms with Crippen LogP contribution in [-0.2, 0) is 19.1 Å². The van der Waals surface area contributed by atoms with E-state index in [1.54, 1.807) is 13.8 Å². The highest BCUT2D eigenvalue weighted by molar-refractivity contribution is 5.95. The molecule has 0 spiro atoms. The van der Waals surface area contributed by atoms with Crippen LogP contribution in [0, 0.1) is 5.92 Å². The van der Waals surface area contributed by atoms with E-state index in [1.807, 2.05) is 6.92 Å². The first-order valence-electron chi connectivity index (χ1n) is 5.56. The molecule has 4 heteroatoms. The lowest BCUT2D eigenvalue weighted by Gasteiger charge is -2.14. The molecule has 0 heterocycles. The van der Waals surface area contributed by atoms with Crippen LogP contribution in [0.2, 0.25) is 0 Å². The Labute approximate surface area is 96.6 Å². The Hall–Kier alpha value is -1.32. The zero-order valence-corrected chi connectivity index (χ0v) is 10.2. The number of hydrogen-bond acceptors (Lipinski definition) is 4. The Morgan fingerprint density at radius 2 is 1.50 bits per heavy atom. The zero-order chi connectivity index (χ0) is 12.6. The lowest BCUT2D eigenvalue weighted by Crippen LogP contribution is -2.28. The van der Waals surface area contributed by atoms with Crippen molar-refractivity contribution in [2.24, 2.45) is 5.92 Å². The monoisotopic (exact) mass is 228 g/mol. The standard InChI is InChI=1S/C12H20O4/c1-5-9(4)8-10(11(13)15-6-2)12(14)16-7-3/h10H,4-8H2,1-3H3. The van der Waals surface area contributed by atoms with Crippen molar-refractivity contribution in [3.63, 3.8) is 0 Å². The van der Waals surface area contributed by atoms with E-state index < -0.39 is 17.9 Å². The second kappa shape index (κ2) is 7.91. The number of ether oxygens (including phenoxy) is 2. The van der Waals surface area contributed by atoms with Gasteiger partial charge in [-0.25, -0.2) is 0 Å². The highest BCUT2D eigenvalue weighted by Crippen LogP contribution is 2.16. The molecule has 0 unspecified atom stereocenters. The van der Waals surface area contributed by atoms with Crippen molar-refractivity contribution in [1.82, 2.24) is 0 Å². The summed E-state index contributed by atoms with van der Waals surface area (Å²) in [5, 5.41) is 0. The summed E-state index contributed by atoms with van der Waals surface area (Å²) in [6.07, 6.45) is 1.03. The molecular formula is C12H20O4. The molecule has 92 valence electrons. The summed E-state index contributed by atoms with van der Waals surface area (Å²) in [6.45, 7) is 9.63. The van der Waals surface area contributed by atoms with Crippen LogP contribution >= 0.6 is 0 Å². The van der Waals surface area contributed by atoms with E-state index in [2.05, 4.69) is 6.58 Å². The summed E-state index contributed by atoms with van der Waals surface area (Å²) in [6, 6.07) is 0. The predicted molar refractivity (Wildman–Crippen MR) is 60.8 cm³/mol. The molecule has 0 amide bonds. The molecule has 0 aromatic carbocycles. The highest BCUT2D eigenvalue weighted by Gasteiger charge is 2.29. The third-order valence-electron chi connectivity index (χ3n) is 2.14. The minimum Gasteiger partial charge on any atom is -0.465 e. The number of hydrogen-bond donors (Lipinski definition) is 0. The Morgan fingerprint density at radius 3 is 1.81 bits per heavy atom. The Kier molecular flexibility index (Phi) is 7.25. The summed E-state index contributed by atoms with van der Waals surface area (Å²) in [5.74, 6) is -1.93. The molecule has 0 fully saturated rings. The van der Waals surface area contributed by atoms with Crippen molar-refractivity contribution in [3.8, 4) is 0 Å². The van der Waals surface area contributed by atoms with Crippen molar-refractivity contribution in [1.29, 1.82) is 0 Å². The molecule has 0 N–H and O–H groups in total. The fraction of sp³-hybridized carbons (Fsp3) is 0.667. The number of esters is 2. The first kappa shape index (κ1) is 14.7. The van der Waals surface area contributed by atoms with Crippen LogP contribution in [0.5, 0.6) is 0 Å². The smallest absolute Gasteiger partial charge is 0.320 e. The van der Waals surface area contributed by atoms with Gasteiger partial charge < -0.3 is 9.47 Å². The van der Waals surface area contributed by atoms with Crippen LogP contribution in [0.25, 0.3) is 0 Å². The summed E-state index contributed by atoms with van der Waals surface area (Å²) in [7, 11) is 0. The second-order valence-corrected chi connectivity index (χ2v) is 3.36. The van der Waals surface area contributed by atoms with Gasteiger partial charge in [0.1, 0.15) is 0 Å². The van der Waals surface area contributed by atoms with Gasteiger partial charge in [-0.15, -0.1) is 0 Å². The Bertz CT molecular complexity index is 240. The van der Waals surface area contributed by atoms with E-state index in [-0.39, 0.29) is 13.2 Å². The molecule has 0 aromatic rings. The lowest BCUT2D eigenvalue weighted by molar-refractivity contribution is -0.161. The van der Waals surface area contributed by atoms with Crippen LogP contribution in [0.3, 0.4) is 0 Å². The molecule has 0 radical (unpaired) electrons. The van der Waals surface area contributed by atoms with E-state index in [1.165, 1.54) is 0 Å². The topological polar surface area (TPSA) is 52.6 Å². The summed E-state index contributed by atoms with van der Waals surface area (Å²) >= 11 is 0. The van der Waals surface area contributed by atoms with E-state index in [9.17, 15) is 9.59 Å². The fourth-order valence-electron chi connectivity index (χ4n) is 1.18. The molecule has 0 aromatic heterocycles. The average Bonchev–Trinajstić information content (AvgIpc) is 2.25. The van der Waals surface area contributed by atoms with E-state index in [0.717, 1.165) is 12.0 Å². The maximum absolute atomic E-state index is 11.5. The van der Waals surface area contributed by atoms with Crippen LogP contribution in [0.4, 0.5) is 0 Å². The number of carbonyl (C=O) groups is 2. The van der Waals surface area contributed by atoms with Crippen molar-refractivity contribution in [3.05, 3.63) is 12.2 Å². The van der Waals surface area contributed by atoms with Crippen LogP contribution in [-0.4, -0.2) is 25.2 Å². The molecule has 0 aliphatic heterocycles. The molecule has 0 aliphatic rings. The SMILES string of the molecule is C=C(CC)CC(C(=O)OCC)C(=O)OCC. The molecule has 0 aliphatic carbocycles. The van der Waals surface area contributed by atoms with Crippen molar-refractivity contribution < 1.29 is 19.1 Å². The predicted octanol–water partition coefficient (Wildman–Crippen LogP) is 2.09. The quantitative estimate of drug-likeness (QED) is 0.380. The molecule has 0 atom stereocenters. The van der Waals surface area contributed by atoms with Gasteiger partial charge in [0, 0.05) is 0 Å². The van der Waals surface area contributed by atoms with Gasteiger partial charge in [-0.1, -0.05) is 19.1 Å². The van der Waals surface area contributed by atoms with Gasteiger partial charge in [0.15, 0.2) is 5.92 Å². The summed E-state index contributed by atoms with van der Waals surface area (Å²) in [4.78, 5) is 23.1. The van der Waals surface area contributed by atoms with Crippen molar-refractivity contribution >= 4 is 11.9 Å². The molecule has 0 saturated carbocycles. The highest BCUT2D eigenvalue weighted by atomic mass is 16.6. The maximum Gasteiger partial charge on any atom is 0.320 e. The molecule has 0 rings (SSSR count). The molecular weight excluding hydrogens is 208 g/mol. The van der Waals surface area contributed by atoms with Gasteiger partial charge in [0.25, 0.3) is 0 Å². The largest absolute Gasteiger partial charge is 0.465 e. The van der Waals surface area contributed by atoms with E-state index in [4.69, 9.17) is 9.47 Å². The molecule has 4 nitrogen and oxygen atoms in total. The summed E-state index contributed by atoms with van der Waals surface area (Å²) in [5.41, 5.74) is 0.839. The van der Waals surface area contributed by atoms with Gasteiger partial charge in [-0.3, -0.25) is 9.59 Å². The van der Waals surface area contributed by atoms with Gasteiger partial charge in [-0.05, 0) is 26.7 Å². The molecule has 16 heavy (non-hydrogen) atoms. The average molecular weight is 228 g/mol. The van der Waals surface area contributed by atoms with Crippen LogP contribution < -0.4 is 0 Å². The van der Waals surface area contributed by atoms with Gasteiger partial charge in [0.05, 0.1) is 13.2 Å². The van der Waals surface area contributed by atoms with Crippen molar-refractivity contribution in [2.75, 3.05) is 13.2 Å². The zero-order valence-electron chi connectivity index (χ0n) is 10.2. The molecule has 0 bridgehead atoms.